The smallest absolute Gasteiger partial charge is 0.406 e. The number of nitrogens with one attached hydrogen (secondary N) is 1. The molecule has 0 aliphatic rings. The van der Waals surface area contributed by atoms with Crippen LogP contribution >= 0.6 is 11.8 Å². The Morgan fingerprint density at radius 1 is 1.23 bits per heavy atom. The minimum Gasteiger partial charge on any atom is -0.495 e. The minimum atomic E-state index is -4.43. The molecule has 0 aliphatic carbocycles. The van der Waals surface area contributed by atoms with Gasteiger partial charge in [0.2, 0.25) is 5.91 Å². The maximum atomic E-state index is 13.2. The molecule has 0 saturated carbocycles. The Labute approximate surface area is 182 Å². The Bertz CT molecular complexity index is 1050. The van der Waals surface area contributed by atoms with E-state index in [2.05, 4.69) is 10.3 Å². The molecule has 5 nitrogen and oxygen atoms in total. The lowest BCUT2D eigenvalue weighted by atomic mass is 10.2. The first-order valence-corrected chi connectivity index (χ1v) is 10.4. The van der Waals surface area contributed by atoms with E-state index < -0.39 is 18.0 Å². The van der Waals surface area contributed by atoms with Gasteiger partial charge in [0.15, 0.2) is 5.16 Å². The van der Waals surface area contributed by atoms with Gasteiger partial charge in [0.1, 0.15) is 12.3 Å². The predicted molar refractivity (Wildman–Crippen MR) is 115 cm³/mol. The largest absolute Gasteiger partial charge is 0.495 e. The van der Waals surface area contributed by atoms with Crippen molar-refractivity contribution < 1.29 is 22.7 Å². The van der Waals surface area contributed by atoms with Crippen LogP contribution in [0.25, 0.3) is 11.3 Å². The number of nitrogens with zero attached hydrogens (tertiary/aromatic N) is 2. The van der Waals surface area contributed by atoms with Crippen molar-refractivity contribution in [3.63, 3.8) is 0 Å². The van der Waals surface area contributed by atoms with Gasteiger partial charge in [0.05, 0.1) is 29.9 Å². The van der Waals surface area contributed by atoms with Gasteiger partial charge in [-0.1, -0.05) is 48.2 Å². The Morgan fingerprint density at radius 3 is 2.58 bits per heavy atom. The summed E-state index contributed by atoms with van der Waals surface area (Å²) in [5.74, 6) is 0.137. The highest BCUT2D eigenvalue weighted by Gasteiger charge is 2.31. The lowest BCUT2D eigenvalue weighted by Gasteiger charge is -2.17. The first kappa shape index (κ1) is 22.7. The molecule has 2 aromatic carbocycles. The summed E-state index contributed by atoms with van der Waals surface area (Å²) in [4.78, 5) is 16.9. The van der Waals surface area contributed by atoms with Gasteiger partial charge in [0, 0.05) is 0 Å². The van der Waals surface area contributed by atoms with Crippen LogP contribution < -0.4 is 10.1 Å². The summed E-state index contributed by atoms with van der Waals surface area (Å²) in [5, 5.41) is 2.21. The second kappa shape index (κ2) is 9.47. The van der Waals surface area contributed by atoms with Crippen molar-refractivity contribution in [1.82, 2.24) is 9.55 Å². The standard InChI is InChI=1S/C22H22F3N3O2S/c1-14-9-10-19(30-3)17(11-14)27-20(29)15(2)31-21-26-12-18(16-7-5-4-6-8-16)28(21)13-22(23,24)25/h4-12,15H,13H2,1-3H3,(H,27,29). The molecular weight excluding hydrogens is 427 g/mol. The zero-order valence-electron chi connectivity index (χ0n) is 17.2. The van der Waals surface area contributed by atoms with Crippen molar-refractivity contribution in [2.75, 3.05) is 12.4 Å². The molecule has 1 atom stereocenters. The minimum absolute atomic E-state index is 0.120. The molecule has 9 heteroatoms. The molecule has 1 amide bonds. The van der Waals surface area contributed by atoms with Crippen molar-refractivity contribution in [2.24, 2.45) is 0 Å². The lowest BCUT2D eigenvalue weighted by Crippen LogP contribution is -2.24. The number of benzene rings is 2. The van der Waals surface area contributed by atoms with Gasteiger partial charge in [-0.15, -0.1) is 0 Å². The van der Waals surface area contributed by atoms with E-state index in [1.54, 1.807) is 49.4 Å². The van der Waals surface area contributed by atoms with Crippen LogP contribution in [-0.2, 0) is 11.3 Å². The molecule has 0 spiro atoms. The Morgan fingerprint density at radius 2 is 1.94 bits per heavy atom. The molecule has 1 heterocycles. The van der Waals surface area contributed by atoms with Crippen LogP contribution in [0.4, 0.5) is 18.9 Å². The number of aryl methyl sites for hydroxylation is 1. The molecule has 0 aliphatic heterocycles. The van der Waals surface area contributed by atoms with Gasteiger partial charge < -0.3 is 14.6 Å². The van der Waals surface area contributed by atoms with Crippen LogP contribution in [0.2, 0.25) is 0 Å². The SMILES string of the molecule is COc1ccc(C)cc1NC(=O)C(C)Sc1ncc(-c2ccccc2)n1CC(F)(F)F. The predicted octanol–water partition coefficient (Wildman–Crippen LogP) is 5.55. The van der Waals surface area contributed by atoms with E-state index in [0.29, 0.717) is 22.7 Å². The van der Waals surface area contributed by atoms with Crippen LogP contribution in [-0.4, -0.2) is 34.0 Å². The number of hydrogen-bond acceptors (Lipinski definition) is 4. The summed E-state index contributed by atoms with van der Waals surface area (Å²) in [6, 6.07) is 14.1. The summed E-state index contributed by atoms with van der Waals surface area (Å²) >= 11 is 0.970. The van der Waals surface area contributed by atoms with Crippen molar-refractivity contribution in [1.29, 1.82) is 0 Å². The van der Waals surface area contributed by atoms with E-state index in [4.69, 9.17) is 4.74 Å². The molecule has 0 bridgehead atoms. The van der Waals surface area contributed by atoms with Gasteiger partial charge in [-0.25, -0.2) is 4.98 Å². The summed E-state index contributed by atoms with van der Waals surface area (Å²) < 4.78 is 46.1. The molecule has 1 unspecified atom stereocenters. The number of carbonyl (C=O) groups is 1. The zero-order valence-corrected chi connectivity index (χ0v) is 18.1. The summed E-state index contributed by atoms with van der Waals surface area (Å²) in [7, 11) is 1.50. The zero-order chi connectivity index (χ0) is 22.6. The number of aromatic nitrogens is 2. The number of carbonyl (C=O) groups excluding carboxylic acids is 1. The molecule has 164 valence electrons. The normalized spacial score (nSPS) is 12.5. The summed E-state index contributed by atoms with van der Waals surface area (Å²) in [6.45, 7) is 2.31. The Balaban J connectivity index is 1.84. The van der Waals surface area contributed by atoms with Crippen LogP contribution in [0.3, 0.4) is 0 Å². The fraction of sp³-hybridized carbons (Fsp3) is 0.273. The van der Waals surface area contributed by atoms with Crippen molar-refractivity contribution in [3.8, 4) is 17.0 Å². The molecular formula is C22H22F3N3O2S. The molecule has 1 N–H and O–H groups in total. The molecule has 3 rings (SSSR count). The number of halogens is 3. The highest BCUT2D eigenvalue weighted by atomic mass is 32.2. The number of rotatable bonds is 7. The van der Waals surface area contributed by atoms with Gasteiger partial charge in [-0.05, 0) is 37.1 Å². The maximum absolute atomic E-state index is 13.2. The molecule has 0 radical (unpaired) electrons. The number of methoxy groups -OCH3 is 1. The van der Waals surface area contributed by atoms with Crippen LogP contribution in [0, 0.1) is 6.92 Å². The fourth-order valence-electron chi connectivity index (χ4n) is 2.99. The monoisotopic (exact) mass is 449 g/mol. The van der Waals surface area contributed by atoms with Crippen LogP contribution in [0.15, 0.2) is 59.9 Å². The third-order valence-corrected chi connectivity index (χ3v) is 5.59. The van der Waals surface area contributed by atoms with E-state index in [0.717, 1.165) is 21.9 Å². The molecule has 0 saturated heterocycles. The van der Waals surface area contributed by atoms with Crippen LogP contribution in [0.1, 0.15) is 12.5 Å². The average molecular weight is 449 g/mol. The number of thioether (sulfide) groups is 1. The van der Waals surface area contributed by atoms with Crippen molar-refractivity contribution in [2.45, 2.75) is 37.0 Å². The number of anilines is 1. The second-order valence-corrected chi connectivity index (χ2v) is 8.25. The molecule has 1 aromatic heterocycles. The van der Waals surface area contributed by atoms with E-state index in [-0.39, 0.29) is 11.1 Å². The van der Waals surface area contributed by atoms with Gasteiger partial charge in [-0.2, -0.15) is 13.2 Å². The van der Waals surface area contributed by atoms with E-state index in [1.807, 2.05) is 13.0 Å². The first-order valence-electron chi connectivity index (χ1n) is 9.48. The summed E-state index contributed by atoms with van der Waals surface area (Å²) in [5.41, 5.74) is 2.40. The Kier molecular flexibility index (Phi) is 6.94. The maximum Gasteiger partial charge on any atom is 0.406 e. The van der Waals surface area contributed by atoms with E-state index >= 15 is 0 Å². The molecule has 0 fully saturated rings. The quantitative estimate of drug-likeness (QED) is 0.481. The third-order valence-electron chi connectivity index (χ3n) is 4.49. The second-order valence-electron chi connectivity index (χ2n) is 6.95. The van der Waals surface area contributed by atoms with Crippen molar-refractivity contribution in [3.05, 3.63) is 60.3 Å². The molecule has 31 heavy (non-hydrogen) atoms. The van der Waals surface area contributed by atoms with Gasteiger partial charge in [0.25, 0.3) is 0 Å². The molecule has 3 aromatic rings. The highest BCUT2D eigenvalue weighted by molar-refractivity contribution is 8.00. The fourth-order valence-corrected chi connectivity index (χ4v) is 3.88. The number of ether oxygens (including phenoxy) is 1. The third kappa shape index (κ3) is 5.81. The number of imidazole rings is 1. The number of hydrogen-bond donors (Lipinski definition) is 1. The lowest BCUT2D eigenvalue weighted by molar-refractivity contribution is -0.141. The number of alkyl halides is 3. The van der Waals surface area contributed by atoms with Gasteiger partial charge >= 0.3 is 6.18 Å². The van der Waals surface area contributed by atoms with Crippen LogP contribution in [0.5, 0.6) is 5.75 Å². The van der Waals surface area contributed by atoms with Crippen molar-refractivity contribution >= 4 is 23.4 Å². The van der Waals surface area contributed by atoms with E-state index in [1.165, 1.54) is 13.3 Å². The van der Waals surface area contributed by atoms with E-state index in [9.17, 15) is 18.0 Å². The topological polar surface area (TPSA) is 56.1 Å². The Hall–Kier alpha value is -2.94. The average Bonchev–Trinajstić information content (AvgIpc) is 3.09. The summed E-state index contributed by atoms with van der Waals surface area (Å²) in [6.07, 6.45) is -3.03. The van der Waals surface area contributed by atoms with Gasteiger partial charge in [-0.3, -0.25) is 4.79 Å². The number of amides is 1. The highest BCUT2D eigenvalue weighted by Crippen LogP contribution is 2.33. The first-order chi connectivity index (χ1) is 14.7.